The van der Waals surface area contributed by atoms with E-state index in [0.717, 1.165) is 0 Å². The molecule has 0 amide bonds. The zero-order valence-electron chi connectivity index (χ0n) is 8.16. The van der Waals surface area contributed by atoms with Gasteiger partial charge < -0.3 is 0 Å². The fourth-order valence-corrected chi connectivity index (χ4v) is 3.72. The van der Waals surface area contributed by atoms with Gasteiger partial charge in [0.1, 0.15) is 0 Å². The van der Waals surface area contributed by atoms with Gasteiger partial charge in [0.25, 0.3) is 0 Å². The monoisotopic (exact) mass is 259 g/mol. The summed E-state index contributed by atoms with van der Waals surface area (Å²) in [5.74, 6) is 0.554. The molecule has 0 aromatic carbocycles. The van der Waals surface area contributed by atoms with Crippen LogP contribution in [0.5, 0.6) is 0 Å². The Bertz CT molecular complexity index is 123. The Labute approximate surface area is 78.2 Å². The number of aliphatic imine (C=N–C) groups is 1. The normalized spacial score (nSPS) is 14.4. The zero-order valence-corrected chi connectivity index (χ0v) is 11.5. The molecular formula is C8H18InNO. The molecule has 1 unspecified atom stereocenters. The summed E-state index contributed by atoms with van der Waals surface area (Å²) >= 11 is -1.51. The summed E-state index contributed by atoms with van der Waals surface area (Å²) in [7, 11) is 1.80. The maximum absolute atomic E-state index is 5.81. The van der Waals surface area contributed by atoms with Gasteiger partial charge in [0, 0.05) is 0 Å². The van der Waals surface area contributed by atoms with Crippen LogP contribution in [0.4, 0.5) is 0 Å². The van der Waals surface area contributed by atoms with Crippen molar-refractivity contribution in [3.05, 3.63) is 0 Å². The van der Waals surface area contributed by atoms with E-state index in [4.69, 9.17) is 2.85 Å². The third-order valence-corrected chi connectivity index (χ3v) is 3.83. The van der Waals surface area contributed by atoms with Crippen molar-refractivity contribution in [2.75, 3.05) is 7.05 Å². The molecule has 0 aromatic heterocycles. The van der Waals surface area contributed by atoms with E-state index in [1.165, 1.54) is 0 Å². The van der Waals surface area contributed by atoms with E-state index >= 15 is 0 Å². The first kappa shape index (κ1) is 11.5. The molecule has 0 aliphatic rings. The van der Waals surface area contributed by atoms with E-state index in [-0.39, 0.29) is 6.10 Å². The van der Waals surface area contributed by atoms with E-state index in [2.05, 4.69) is 28.2 Å². The summed E-state index contributed by atoms with van der Waals surface area (Å²) in [6.07, 6.45) is 2.18. The van der Waals surface area contributed by atoms with Crippen LogP contribution in [0.1, 0.15) is 13.8 Å². The summed E-state index contributed by atoms with van der Waals surface area (Å²) in [5.41, 5.74) is 0. The molecule has 0 aliphatic carbocycles. The van der Waals surface area contributed by atoms with Gasteiger partial charge in [-0.1, -0.05) is 0 Å². The van der Waals surface area contributed by atoms with Gasteiger partial charge in [-0.2, -0.15) is 0 Å². The van der Waals surface area contributed by atoms with Crippen molar-refractivity contribution in [2.24, 2.45) is 10.9 Å². The summed E-state index contributed by atoms with van der Waals surface area (Å²) in [5, 5.41) is 0. The molecule has 1 atom stereocenters. The SMILES string of the molecule is CN=CC([O][In]([CH3])[CH3])C(C)C. The molecule has 11 heavy (non-hydrogen) atoms. The number of nitrogens with zero attached hydrogens (tertiary/aromatic N) is 1. The third-order valence-electron chi connectivity index (χ3n) is 1.38. The quantitative estimate of drug-likeness (QED) is 0.707. The Morgan fingerprint density at radius 1 is 1.36 bits per heavy atom. The summed E-state index contributed by atoms with van der Waals surface area (Å²) in [6.45, 7) is 4.33. The van der Waals surface area contributed by atoms with E-state index in [0.29, 0.717) is 5.92 Å². The van der Waals surface area contributed by atoms with Crippen LogP contribution in [0, 0.1) is 5.92 Å². The van der Waals surface area contributed by atoms with Crippen LogP contribution in [0.25, 0.3) is 0 Å². The standard InChI is InChI=1S/C6H12NO.2CH3.In/c1-5(2)6(8)4-7-3;;;/h4-6H,1-3H3;2*1H3;/q-1;;;+1. The number of hydrogen-bond acceptors (Lipinski definition) is 2. The van der Waals surface area contributed by atoms with Crippen LogP contribution >= 0.6 is 0 Å². The van der Waals surface area contributed by atoms with Crippen molar-refractivity contribution in [3.8, 4) is 0 Å². The topological polar surface area (TPSA) is 21.6 Å². The Hall–Kier alpha value is 0.500. The average molecular weight is 259 g/mol. The molecule has 0 heterocycles. The van der Waals surface area contributed by atoms with Gasteiger partial charge in [-0.15, -0.1) is 0 Å². The molecule has 0 spiro atoms. The van der Waals surface area contributed by atoms with Crippen molar-refractivity contribution >= 4 is 28.1 Å². The predicted octanol–water partition coefficient (Wildman–Crippen LogP) is 1.98. The van der Waals surface area contributed by atoms with Gasteiger partial charge in [0.05, 0.1) is 0 Å². The minimum absolute atomic E-state index is 0.260. The van der Waals surface area contributed by atoms with E-state index in [1.807, 2.05) is 6.21 Å². The van der Waals surface area contributed by atoms with Gasteiger partial charge in [-0.05, 0) is 0 Å². The molecule has 0 N–H and O–H groups in total. The molecule has 2 nitrogen and oxygen atoms in total. The Balaban J connectivity index is 3.89. The Kier molecular flexibility index (Phi) is 6.34. The Morgan fingerprint density at radius 3 is 2.18 bits per heavy atom. The maximum atomic E-state index is 5.81. The second-order valence-corrected chi connectivity index (χ2v) is 10.1. The van der Waals surface area contributed by atoms with Gasteiger partial charge in [-0.3, -0.25) is 0 Å². The van der Waals surface area contributed by atoms with Gasteiger partial charge >= 0.3 is 78.2 Å². The van der Waals surface area contributed by atoms with E-state index in [9.17, 15) is 0 Å². The van der Waals surface area contributed by atoms with Crippen LogP contribution in [-0.4, -0.2) is 41.2 Å². The molecule has 0 rings (SSSR count). The van der Waals surface area contributed by atoms with Crippen molar-refractivity contribution < 1.29 is 2.85 Å². The van der Waals surface area contributed by atoms with Crippen molar-refractivity contribution in [1.82, 2.24) is 0 Å². The summed E-state index contributed by atoms with van der Waals surface area (Å²) < 4.78 is 10.3. The molecule has 0 fully saturated rings. The van der Waals surface area contributed by atoms with E-state index < -0.39 is 21.9 Å². The van der Waals surface area contributed by atoms with Crippen molar-refractivity contribution in [2.45, 2.75) is 29.3 Å². The number of rotatable bonds is 4. The van der Waals surface area contributed by atoms with Crippen LogP contribution in [0.2, 0.25) is 9.36 Å². The first-order valence-corrected chi connectivity index (χ1v) is 12.1. The average Bonchev–Trinajstić information content (AvgIpc) is 1.86. The second-order valence-electron chi connectivity index (χ2n) is 3.30. The molecule has 0 saturated carbocycles. The third kappa shape index (κ3) is 5.74. The van der Waals surface area contributed by atoms with Crippen LogP contribution in [-0.2, 0) is 2.85 Å². The van der Waals surface area contributed by atoms with Crippen LogP contribution in [0.3, 0.4) is 0 Å². The summed E-state index contributed by atoms with van der Waals surface area (Å²) in [4.78, 5) is 3.99. The fraction of sp³-hybridized carbons (Fsp3) is 0.875. The molecule has 64 valence electrons. The molecule has 0 aliphatic heterocycles. The molecule has 0 aromatic rings. The van der Waals surface area contributed by atoms with Crippen LogP contribution < -0.4 is 0 Å². The van der Waals surface area contributed by atoms with Crippen molar-refractivity contribution in [3.63, 3.8) is 0 Å². The summed E-state index contributed by atoms with van der Waals surface area (Å²) in [6, 6.07) is 0. The minimum atomic E-state index is -1.51. The number of hydrogen-bond donors (Lipinski definition) is 0. The molecule has 3 heteroatoms. The predicted molar refractivity (Wildman–Crippen MR) is 51.6 cm³/mol. The first-order valence-electron chi connectivity index (χ1n) is 4.15. The van der Waals surface area contributed by atoms with Gasteiger partial charge in [0.15, 0.2) is 0 Å². The molecule has 0 radical (unpaired) electrons. The molecular weight excluding hydrogens is 241 g/mol. The van der Waals surface area contributed by atoms with Crippen molar-refractivity contribution in [1.29, 1.82) is 0 Å². The molecule has 0 bridgehead atoms. The fourth-order valence-electron chi connectivity index (χ4n) is 0.826. The second kappa shape index (κ2) is 6.06. The van der Waals surface area contributed by atoms with Crippen LogP contribution in [0.15, 0.2) is 4.99 Å². The van der Waals surface area contributed by atoms with Gasteiger partial charge in [-0.25, -0.2) is 0 Å². The molecule has 0 saturated heterocycles. The Morgan fingerprint density at radius 2 is 1.91 bits per heavy atom. The zero-order chi connectivity index (χ0) is 8.85. The van der Waals surface area contributed by atoms with E-state index in [1.54, 1.807) is 7.05 Å². The first-order chi connectivity index (χ1) is 5.07. The van der Waals surface area contributed by atoms with Gasteiger partial charge in [0.2, 0.25) is 0 Å².